The van der Waals surface area contributed by atoms with Crippen LogP contribution in [0.5, 0.6) is 0 Å². The Kier molecular flexibility index (Phi) is 7.05. The Labute approximate surface area is 93.3 Å². The zero-order valence-corrected chi connectivity index (χ0v) is 10.3. The van der Waals surface area contributed by atoms with E-state index in [-0.39, 0.29) is 5.97 Å². The van der Waals surface area contributed by atoms with Crippen LogP contribution in [0.4, 0.5) is 0 Å². The molecule has 0 aliphatic rings. The van der Waals surface area contributed by atoms with Crippen molar-refractivity contribution in [2.75, 3.05) is 33.8 Å². The van der Waals surface area contributed by atoms with Crippen molar-refractivity contribution in [3.63, 3.8) is 0 Å². The van der Waals surface area contributed by atoms with E-state index in [9.17, 15) is 4.79 Å². The fourth-order valence-electron chi connectivity index (χ4n) is 1.21. The fraction of sp³-hybridized carbons (Fsp3) is 0.750. The van der Waals surface area contributed by atoms with Gasteiger partial charge in [0.2, 0.25) is 0 Å². The molecule has 0 aromatic carbocycles. The summed E-state index contributed by atoms with van der Waals surface area (Å²) in [5, 5.41) is 0. The van der Waals surface area contributed by atoms with Crippen LogP contribution in [-0.2, 0) is 9.53 Å². The Morgan fingerprint density at radius 3 is 2.53 bits per heavy atom. The first-order chi connectivity index (χ1) is 7.02. The molecule has 0 heterocycles. The second-order valence-corrected chi connectivity index (χ2v) is 4.41. The molecule has 0 aliphatic heterocycles. The molecule has 3 heteroatoms. The molecule has 15 heavy (non-hydrogen) atoms. The zero-order valence-electron chi connectivity index (χ0n) is 10.3. The summed E-state index contributed by atoms with van der Waals surface area (Å²) in [4.78, 5) is 10.7. The summed E-state index contributed by atoms with van der Waals surface area (Å²) in [6, 6.07) is 0. The summed E-state index contributed by atoms with van der Waals surface area (Å²) in [5.74, 6) is -0.320. The summed E-state index contributed by atoms with van der Waals surface area (Å²) >= 11 is 0. The lowest BCUT2D eigenvalue weighted by atomic mass is 10.2. The molecule has 0 fully saturated rings. The molecule has 0 spiro atoms. The smallest absolute Gasteiger partial charge is 0.330 e. The lowest BCUT2D eigenvalue weighted by Crippen LogP contribution is -2.39. The topological polar surface area (TPSA) is 26.3 Å². The van der Waals surface area contributed by atoms with Crippen LogP contribution in [0, 0.1) is 0 Å². The van der Waals surface area contributed by atoms with Gasteiger partial charge >= 0.3 is 5.97 Å². The van der Waals surface area contributed by atoms with E-state index in [2.05, 4.69) is 27.6 Å². The molecule has 0 saturated heterocycles. The van der Waals surface area contributed by atoms with Crippen LogP contribution < -0.4 is 0 Å². The van der Waals surface area contributed by atoms with Crippen molar-refractivity contribution in [3.8, 4) is 0 Å². The molecule has 3 nitrogen and oxygen atoms in total. The minimum absolute atomic E-state index is 0.320. The quantitative estimate of drug-likeness (QED) is 0.267. The Morgan fingerprint density at radius 2 is 2.00 bits per heavy atom. The largest absolute Gasteiger partial charge is 0.463 e. The monoisotopic (exact) mass is 214 g/mol. The molecule has 0 aliphatic carbocycles. The summed E-state index contributed by atoms with van der Waals surface area (Å²) in [7, 11) is 4.47. The first kappa shape index (κ1) is 14.2. The minimum Gasteiger partial charge on any atom is -0.463 e. The second kappa shape index (κ2) is 7.46. The van der Waals surface area contributed by atoms with Crippen LogP contribution >= 0.6 is 0 Å². The SMILES string of the molecule is C=CC(=O)OCCCCC[N+](C)(C)CC. The molecule has 0 amide bonds. The molecule has 0 N–H and O–H groups in total. The fourth-order valence-corrected chi connectivity index (χ4v) is 1.21. The average molecular weight is 214 g/mol. The van der Waals surface area contributed by atoms with E-state index < -0.39 is 0 Å². The van der Waals surface area contributed by atoms with Gasteiger partial charge in [-0.15, -0.1) is 0 Å². The number of rotatable bonds is 8. The van der Waals surface area contributed by atoms with Gasteiger partial charge in [-0.2, -0.15) is 0 Å². The number of hydrogen-bond acceptors (Lipinski definition) is 2. The normalized spacial score (nSPS) is 11.1. The molecule has 0 aromatic rings. The first-order valence-electron chi connectivity index (χ1n) is 5.63. The van der Waals surface area contributed by atoms with Crippen molar-refractivity contribution in [1.82, 2.24) is 0 Å². The molecule has 0 saturated carbocycles. The van der Waals surface area contributed by atoms with Crippen LogP contribution in [0.2, 0.25) is 0 Å². The van der Waals surface area contributed by atoms with Crippen molar-refractivity contribution in [2.24, 2.45) is 0 Å². The number of ether oxygens (including phenoxy) is 1. The molecular formula is C12H24NO2+. The number of quaternary nitrogens is 1. The Morgan fingerprint density at radius 1 is 1.33 bits per heavy atom. The number of nitrogens with zero attached hydrogens (tertiary/aromatic N) is 1. The number of esters is 1. The van der Waals surface area contributed by atoms with Crippen molar-refractivity contribution >= 4 is 5.97 Å². The Bertz CT molecular complexity index is 200. The minimum atomic E-state index is -0.320. The highest BCUT2D eigenvalue weighted by Crippen LogP contribution is 2.03. The van der Waals surface area contributed by atoms with Crippen LogP contribution in [0.15, 0.2) is 12.7 Å². The number of unbranched alkanes of at least 4 members (excludes halogenated alkanes) is 2. The average Bonchev–Trinajstić information content (AvgIpc) is 2.22. The molecule has 0 radical (unpaired) electrons. The van der Waals surface area contributed by atoms with Gasteiger partial charge in [-0.25, -0.2) is 4.79 Å². The maximum Gasteiger partial charge on any atom is 0.330 e. The van der Waals surface area contributed by atoms with Crippen LogP contribution in [-0.4, -0.2) is 44.2 Å². The van der Waals surface area contributed by atoms with Crippen molar-refractivity contribution in [2.45, 2.75) is 26.2 Å². The van der Waals surface area contributed by atoms with Gasteiger partial charge in [0, 0.05) is 6.08 Å². The Balaban J connectivity index is 3.32. The van der Waals surface area contributed by atoms with E-state index >= 15 is 0 Å². The van der Waals surface area contributed by atoms with Crippen LogP contribution in [0.3, 0.4) is 0 Å². The summed E-state index contributed by atoms with van der Waals surface area (Å²) < 4.78 is 5.95. The highest BCUT2D eigenvalue weighted by molar-refractivity contribution is 5.81. The van der Waals surface area contributed by atoms with E-state index in [1.807, 2.05) is 0 Å². The van der Waals surface area contributed by atoms with Crippen molar-refractivity contribution in [1.29, 1.82) is 0 Å². The maximum atomic E-state index is 10.7. The number of carbonyl (C=O) groups is 1. The standard InChI is InChI=1S/C12H24NO2/c1-5-12(14)15-11-9-7-8-10-13(3,4)6-2/h5H,1,6-11H2,2-4H3/q+1. The zero-order chi connectivity index (χ0) is 11.7. The third-order valence-electron chi connectivity index (χ3n) is 2.67. The van der Waals surface area contributed by atoms with Gasteiger partial charge in [0.15, 0.2) is 0 Å². The van der Waals surface area contributed by atoms with E-state index in [0.29, 0.717) is 6.61 Å². The van der Waals surface area contributed by atoms with Gasteiger partial charge in [0.25, 0.3) is 0 Å². The molecule has 0 unspecified atom stereocenters. The molecule has 0 aromatic heterocycles. The predicted octanol–water partition coefficient (Wildman–Crippen LogP) is 1.98. The van der Waals surface area contributed by atoms with Gasteiger partial charge < -0.3 is 9.22 Å². The summed E-state index contributed by atoms with van der Waals surface area (Å²) in [6.45, 7) is 8.41. The Hall–Kier alpha value is -0.830. The number of carbonyl (C=O) groups excluding carboxylic acids is 1. The molecule has 0 bridgehead atoms. The third kappa shape index (κ3) is 8.18. The van der Waals surface area contributed by atoms with Crippen LogP contribution in [0.1, 0.15) is 26.2 Å². The summed E-state index contributed by atoms with van der Waals surface area (Å²) in [6.07, 6.45) is 4.46. The number of hydrogen-bond donors (Lipinski definition) is 0. The highest BCUT2D eigenvalue weighted by Gasteiger charge is 2.10. The van der Waals surface area contributed by atoms with E-state index in [0.717, 1.165) is 23.9 Å². The van der Waals surface area contributed by atoms with Gasteiger partial charge in [0.1, 0.15) is 0 Å². The summed E-state index contributed by atoms with van der Waals surface area (Å²) in [5.41, 5.74) is 0. The second-order valence-electron chi connectivity index (χ2n) is 4.41. The maximum absolute atomic E-state index is 10.7. The molecule has 88 valence electrons. The van der Waals surface area contributed by atoms with E-state index in [1.54, 1.807) is 0 Å². The van der Waals surface area contributed by atoms with E-state index in [1.165, 1.54) is 19.0 Å². The lowest BCUT2D eigenvalue weighted by Gasteiger charge is -2.28. The van der Waals surface area contributed by atoms with Gasteiger partial charge in [-0.1, -0.05) is 6.58 Å². The van der Waals surface area contributed by atoms with Crippen molar-refractivity contribution in [3.05, 3.63) is 12.7 Å². The highest BCUT2D eigenvalue weighted by atomic mass is 16.5. The van der Waals surface area contributed by atoms with Crippen molar-refractivity contribution < 1.29 is 14.0 Å². The molecular weight excluding hydrogens is 190 g/mol. The van der Waals surface area contributed by atoms with Gasteiger partial charge in [0.05, 0.1) is 33.8 Å². The van der Waals surface area contributed by atoms with E-state index in [4.69, 9.17) is 4.74 Å². The molecule has 0 atom stereocenters. The molecule has 0 rings (SSSR count). The predicted molar refractivity (Wildman–Crippen MR) is 62.5 cm³/mol. The van der Waals surface area contributed by atoms with Gasteiger partial charge in [-0.05, 0) is 26.2 Å². The third-order valence-corrected chi connectivity index (χ3v) is 2.67. The van der Waals surface area contributed by atoms with Crippen LogP contribution in [0.25, 0.3) is 0 Å². The lowest BCUT2D eigenvalue weighted by molar-refractivity contribution is -0.888. The first-order valence-corrected chi connectivity index (χ1v) is 5.63. The van der Waals surface area contributed by atoms with Gasteiger partial charge in [-0.3, -0.25) is 0 Å².